The molecule has 1 fully saturated rings. The van der Waals surface area contributed by atoms with Gasteiger partial charge in [0.15, 0.2) is 11.0 Å². The first-order chi connectivity index (χ1) is 16.8. The Kier molecular flexibility index (Phi) is 6.86. The SMILES string of the molecule is O=C(CSc1nnc(-c2cccnc2)n1Cc1ccccc1)Nc1ccc(N2CCCC2)cc1. The number of hydrogen-bond acceptors (Lipinski definition) is 6. The fourth-order valence-electron chi connectivity index (χ4n) is 4.07. The van der Waals surface area contributed by atoms with Gasteiger partial charge in [-0.05, 0) is 54.8 Å². The van der Waals surface area contributed by atoms with Crippen LogP contribution in [0, 0.1) is 0 Å². The van der Waals surface area contributed by atoms with Crippen LogP contribution >= 0.6 is 11.8 Å². The molecule has 8 heteroatoms. The Bertz CT molecular complexity index is 1220. The van der Waals surface area contributed by atoms with Crippen LogP contribution in [-0.2, 0) is 11.3 Å². The predicted molar refractivity (Wildman–Crippen MR) is 136 cm³/mol. The topological polar surface area (TPSA) is 75.9 Å². The molecule has 2 aromatic carbocycles. The maximum absolute atomic E-state index is 12.7. The monoisotopic (exact) mass is 470 g/mol. The Labute approximate surface area is 203 Å². The smallest absolute Gasteiger partial charge is 0.234 e. The van der Waals surface area contributed by atoms with Gasteiger partial charge in [-0.3, -0.25) is 14.3 Å². The average molecular weight is 471 g/mol. The number of nitrogens with one attached hydrogen (secondary N) is 1. The third kappa shape index (κ3) is 5.28. The van der Waals surface area contributed by atoms with Gasteiger partial charge in [-0.15, -0.1) is 10.2 Å². The van der Waals surface area contributed by atoms with E-state index in [9.17, 15) is 4.79 Å². The number of carbonyl (C=O) groups excluding carboxylic acids is 1. The highest BCUT2D eigenvalue weighted by molar-refractivity contribution is 7.99. The molecule has 0 radical (unpaired) electrons. The minimum atomic E-state index is -0.0730. The lowest BCUT2D eigenvalue weighted by atomic mass is 10.2. The number of pyridine rings is 1. The highest BCUT2D eigenvalue weighted by Gasteiger charge is 2.17. The van der Waals surface area contributed by atoms with Crippen LogP contribution < -0.4 is 10.2 Å². The number of rotatable bonds is 8. The van der Waals surface area contributed by atoms with Crippen molar-refractivity contribution in [2.24, 2.45) is 0 Å². The Morgan fingerprint density at radius 2 is 1.74 bits per heavy atom. The summed E-state index contributed by atoms with van der Waals surface area (Å²) in [6.07, 6.45) is 6.00. The number of benzene rings is 2. The van der Waals surface area contributed by atoms with E-state index in [2.05, 4.69) is 49.7 Å². The largest absolute Gasteiger partial charge is 0.372 e. The third-order valence-corrected chi connectivity index (χ3v) is 6.74. The summed E-state index contributed by atoms with van der Waals surface area (Å²) < 4.78 is 2.04. The van der Waals surface area contributed by atoms with Crippen molar-refractivity contribution in [1.29, 1.82) is 0 Å². The van der Waals surface area contributed by atoms with Gasteiger partial charge in [-0.1, -0.05) is 42.1 Å². The Hall–Kier alpha value is -3.65. The van der Waals surface area contributed by atoms with E-state index >= 15 is 0 Å². The van der Waals surface area contributed by atoms with E-state index in [4.69, 9.17) is 0 Å². The predicted octanol–water partition coefficient (Wildman–Crippen LogP) is 4.72. The first-order valence-corrected chi connectivity index (χ1v) is 12.4. The summed E-state index contributed by atoms with van der Waals surface area (Å²) in [4.78, 5) is 19.3. The zero-order valence-electron chi connectivity index (χ0n) is 18.8. The lowest BCUT2D eigenvalue weighted by Crippen LogP contribution is -2.18. The van der Waals surface area contributed by atoms with Gasteiger partial charge in [0.25, 0.3) is 0 Å². The van der Waals surface area contributed by atoms with E-state index in [-0.39, 0.29) is 11.7 Å². The standard InChI is InChI=1S/C26H26N6OS/c33-24(28-22-10-12-23(13-11-22)31-15-4-5-16-31)19-34-26-30-29-25(21-9-6-14-27-17-21)32(26)18-20-7-2-1-3-8-20/h1-3,6-14,17H,4-5,15-16,18-19H2,(H,28,33). The molecule has 172 valence electrons. The normalized spacial score (nSPS) is 13.2. The maximum atomic E-state index is 12.7. The zero-order valence-corrected chi connectivity index (χ0v) is 19.6. The molecule has 4 aromatic rings. The van der Waals surface area contributed by atoms with E-state index < -0.39 is 0 Å². The van der Waals surface area contributed by atoms with Crippen molar-refractivity contribution in [2.45, 2.75) is 24.5 Å². The van der Waals surface area contributed by atoms with Crippen molar-refractivity contribution in [2.75, 3.05) is 29.1 Å². The second kappa shape index (κ2) is 10.5. The lowest BCUT2D eigenvalue weighted by molar-refractivity contribution is -0.113. The number of amides is 1. The van der Waals surface area contributed by atoms with Crippen LogP contribution in [0.2, 0.25) is 0 Å². The number of anilines is 2. The van der Waals surface area contributed by atoms with Crippen LogP contribution in [0.3, 0.4) is 0 Å². The Balaban J connectivity index is 1.27. The first-order valence-electron chi connectivity index (χ1n) is 11.4. The molecule has 1 aliphatic heterocycles. The first kappa shape index (κ1) is 22.2. The summed E-state index contributed by atoms with van der Waals surface area (Å²) >= 11 is 1.38. The second-order valence-corrected chi connectivity index (χ2v) is 9.14. The molecule has 0 spiro atoms. The van der Waals surface area contributed by atoms with Crippen molar-refractivity contribution < 1.29 is 4.79 Å². The van der Waals surface area contributed by atoms with Gasteiger partial charge in [-0.2, -0.15) is 0 Å². The van der Waals surface area contributed by atoms with Gasteiger partial charge in [0.1, 0.15) is 0 Å². The van der Waals surface area contributed by atoms with E-state index in [1.807, 2.05) is 47.0 Å². The van der Waals surface area contributed by atoms with Gasteiger partial charge in [0.05, 0.1) is 12.3 Å². The molecule has 0 unspecified atom stereocenters. The molecule has 1 amide bonds. The Morgan fingerprint density at radius 3 is 2.47 bits per heavy atom. The minimum absolute atomic E-state index is 0.0730. The molecule has 0 saturated carbocycles. The molecule has 2 aromatic heterocycles. The zero-order chi connectivity index (χ0) is 23.2. The summed E-state index contributed by atoms with van der Waals surface area (Å²) in [7, 11) is 0. The van der Waals surface area contributed by atoms with Crippen LogP contribution in [0.5, 0.6) is 0 Å². The molecule has 0 atom stereocenters. The number of hydrogen-bond donors (Lipinski definition) is 1. The average Bonchev–Trinajstić information content (AvgIpc) is 3.55. The van der Waals surface area contributed by atoms with Gasteiger partial charge in [-0.25, -0.2) is 0 Å². The van der Waals surface area contributed by atoms with E-state index in [0.717, 1.165) is 35.7 Å². The van der Waals surface area contributed by atoms with Crippen molar-refractivity contribution >= 4 is 29.0 Å². The van der Waals surface area contributed by atoms with Crippen LogP contribution in [0.1, 0.15) is 18.4 Å². The van der Waals surface area contributed by atoms with Gasteiger partial charge in [0, 0.05) is 42.4 Å². The molecular weight excluding hydrogens is 444 g/mol. The summed E-state index contributed by atoms with van der Waals surface area (Å²) in [5.41, 5.74) is 4.04. The van der Waals surface area contributed by atoms with Crippen molar-refractivity contribution in [3.8, 4) is 11.4 Å². The molecule has 34 heavy (non-hydrogen) atoms. The molecule has 1 N–H and O–H groups in total. The second-order valence-electron chi connectivity index (χ2n) is 8.20. The van der Waals surface area contributed by atoms with Crippen LogP contribution in [0.15, 0.2) is 84.3 Å². The number of aromatic nitrogens is 4. The molecule has 0 bridgehead atoms. The van der Waals surface area contributed by atoms with E-state index in [1.54, 1.807) is 12.4 Å². The van der Waals surface area contributed by atoms with Crippen LogP contribution in [0.25, 0.3) is 11.4 Å². The summed E-state index contributed by atoms with van der Waals surface area (Å²) in [6, 6.07) is 22.1. The van der Waals surface area contributed by atoms with Crippen LogP contribution in [0.4, 0.5) is 11.4 Å². The van der Waals surface area contributed by atoms with Crippen molar-refractivity contribution in [1.82, 2.24) is 19.7 Å². The molecule has 3 heterocycles. The molecule has 0 aliphatic carbocycles. The highest BCUT2D eigenvalue weighted by atomic mass is 32.2. The fourth-order valence-corrected chi connectivity index (χ4v) is 4.81. The highest BCUT2D eigenvalue weighted by Crippen LogP contribution is 2.26. The van der Waals surface area contributed by atoms with E-state index in [0.29, 0.717) is 11.7 Å². The summed E-state index contributed by atoms with van der Waals surface area (Å²) in [5, 5.41) is 12.5. The molecular formula is C26H26N6OS. The third-order valence-electron chi connectivity index (χ3n) is 5.77. The van der Waals surface area contributed by atoms with Crippen molar-refractivity contribution in [3.05, 3.63) is 84.7 Å². The van der Waals surface area contributed by atoms with Gasteiger partial charge < -0.3 is 10.2 Å². The molecule has 1 saturated heterocycles. The number of nitrogens with zero attached hydrogens (tertiary/aromatic N) is 5. The minimum Gasteiger partial charge on any atom is -0.372 e. The van der Waals surface area contributed by atoms with Gasteiger partial charge in [0.2, 0.25) is 5.91 Å². The number of carbonyl (C=O) groups is 1. The van der Waals surface area contributed by atoms with Crippen molar-refractivity contribution in [3.63, 3.8) is 0 Å². The Morgan fingerprint density at radius 1 is 0.941 bits per heavy atom. The summed E-state index contributed by atoms with van der Waals surface area (Å²) in [5.74, 6) is 0.905. The van der Waals surface area contributed by atoms with E-state index in [1.165, 1.54) is 30.3 Å². The van der Waals surface area contributed by atoms with Gasteiger partial charge >= 0.3 is 0 Å². The molecule has 1 aliphatic rings. The molecule has 5 rings (SSSR count). The molecule has 7 nitrogen and oxygen atoms in total. The lowest BCUT2D eigenvalue weighted by Gasteiger charge is -2.17. The fraction of sp³-hybridized carbons (Fsp3) is 0.231. The quantitative estimate of drug-likeness (QED) is 0.376. The summed E-state index contributed by atoms with van der Waals surface area (Å²) in [6.45, 7) is 2.82. The number of thioether (sulfide) groups is 1. The maximum Gasteiger partial charge on any atom is 0.234 e. The van der Waals surface area contributed by atoms with Crippen LogP contribution in [-0.4, -0.2) is 44.5 Å².